The van der Waals surface area contributed by atoms with E-state index in [4.69, 9.17) is 0 Å². The number of benzene rings is 3. The van der Waals surface area contributed by atoms with E-state index in [1.807, 2.05) is 24.3 Å². The maximum atomic E-state index is 11.6. The Morgan fingerprint density at radius 1 is 1.03 bits per heavy atom. The second-order valence-corrected chi connectivity index (χ2v) is 8.27. The van der Waals surface area contributed by atoms with Gasteiger partial charge in [0.15, 0.2) is 0 Å². The number of hydrogen-bond donors (Lipinski definition) is 2. The highest BCUT2D eigenvalue weighted by atomic mass is 16.4. The van der Waals surface area contributed by atoms with Gasteiger partial charge in [-0.3, -0.25) is 0 Å². The van der Waals surface area contributed by atoms with Crippen LogP contribution in [-0.4, -0.2) is 31.1 Å². The van der Waals surface area contributed by atoms with Crippen molar-refractivity contribution < 1.29 is 9.90 Å². The molecule has 3 aromatic carbocycles. The van der Waals surface area contributed by atoms with Crippen LogP contribution in [0.2, 0.25) is 0 Å². The molecule has 6 nitrogen and oxygen atoms in total. The molecule has 32 heavy (non-hydrogen) atoms. The first kappa shape index (κ1) is 20.0. The van der Waals surface area contributed by atoms with Crippen LogP contribution in [0, 0.1) is 0 Å². The zero-order chi connectivity index (χ0) is 22.1. The molecule has 0 aliphatic rings. The highest BCUT2D eigenvalue weighted by Crippen LogP contribution is 2.28. The molecule has 6 heteroatoms. The second kappa shape index (κ2) is 8.30. The molecule has 2 heterocycles. The summed E-state index contributed by atoms with van der Waals surface area (Å²) >= 11 is 0. The Kier molecular flexibility index (Phi) is 5.19. The quantitative estimate of drug-likeness (QED) is 0.367. The lowest BCUT2D eigenvalue weighted by Gasteiger charge is -2.13. The van der Waals surface area contributed by atoms with Crippen molar-refractivity contribution in [2.75, 3.05) is 0 Å². The standard InChI is InChI=1S/C26H24N4O2/c1-17(18-6-3-2-4-7-18)12-13-30-16-21(22-11-10-20(26(31)32)15-24(22)30)14-19-8-5-9-23-25(19)28-29-27-23/h2-11,15-17H,12-14H2,1H3,(H,31,32)(H,27,28,29). The molecule has 0 saturated carbocycles. The lowest BCUT2D eigenvalue weighted by Crippen LogP contribution is -2.03. The summed E-state index contributed by atoms with van der Waals surface area (Å²) in [6.45, 7) is 3.04. The number of aromatic carboxylic acids is 1. The van der Waals surface area contributed by atoms with Crippen molar-refractivity contribution in [2.45, 2.75) is 32.2 Å². The van der Waals surface area contributed by atoms with E-state index in [-0.39, 0.29) is 0 Å². The van der Waals surface area contributed by atoms with Crippen LogP contribution in [0.15, 0.2) is 72.9 Å². The molecule has 0 aliphatic heterocycles. The van der Waals surface area contributed by atoms with Gasteiger partial charge in [0.1, 0.15) is 11.0 Å². The SMILES string of the molecule is CC(CCn1cc(Cc2cccc3n[nH]nc23)c2ccc(C(=O)O)cc21)c1ccccc1. The van der Waals surface area contributed by atoms with Crippen LogP contribution in [0.3, 0.4) is 0 Å². The van der Waals surface area contributed by atoms with Gasteiger partial charge in [0.2, 0.25) is 0 Å². The average molecular weight is 425 g/mol. The van der Waals surface area contributed by atoms with E-state index in [1.54, 1.807) is 12.1 Å². The summed E-state index contributed by atoms with van der Waals surface area (Å²) < 4.78 is 2.19. The Morgan fingerprint density at radius 3 is 2.69 bits per heavy atom. The van der Waals surface area contributed by atoms with Gasteiger partial charge < -0.3 is 9.67 Å². The first-order valence-electron chi connectivity index (χ1n) is 10.8. The monoisotopic (exact) mass is 424 g/mol. The summed E-state index contributed by atoms with van der Waals surface area (Å²) in [5.41, 5.74) is 6.53. The Hall–Kier alpha value is -3.93. The second-order valence-electron chi connectivity index (χ2n) is 8.27. The summed E-state index contributed by atoms with van der Waals surface area (Å²) in [5, 5.41) is 21.8. The van der Waals surface area contributed by atoms with Gasteiger partial charge in [0, 0.05) is 30.1 Å². The highest BCUT2D eigenvalue weighted by molar-refractivity contribution is 5.95. The fourth-order valence-corrected chi connectivity index (χ4v) is 4.38. The maximum Gasteiger partial charge on any atom is 0.335 e. The van der Waals surface area contributed by atoms with Crippen molar-refractivity contribution in [3.05, 3.63) is 95.2 Å². The molecule has 1 atom stereocenters. The predicted octanol–water partition coefficient (Wildman–Crippen LogP) is 5.40. The van der Waals surface area contributed by atoms with Gasteiger partial charge in [0.05, 0.1) is 5.56 Å². The molecule has 0 bridgehead atoms. The van der Waals surface area contributed by atoms with Gasteiger partial charge in [-0.05, 0) is 47.2 Å². The topological polar surface area (TPSA) is 83.8 Å². The van der Waals surface area contributed by atoms with Gasteiger partial charge in [-0.2, -0.15) is 15.4 Å². The van der Waals surface area contributed by atoms with E-state index >= 15 is 0 Å². The van der Waals surface area contributed by atoms with Crippen LogP contribution in [0.4, 0.5) is 0 Å². The van der Waals surface area contributed by atoms with E-state index in [9.17, 15) is 9.90 Å². The van der Waals surface area contributed by atoms with Gasteiger partial charge in [-0.15, -0.1) is 0 Å². The van der Waals surface area contributed by atoms with Crippen molar-refractivity contribution in [1.29, 1.82) is 0 Å². The predicted molar refractivity (Wildman–Crippen MR) is 125 cm³/mol. The van der Waals surface area contributed by atoms with Crippen LogP contribution < -0.4 is 0 Å². The molecular formula is C26H24N4O2. The van der Waals surface area contributed by atoms with Crippen LogP contribution >= 0.6 is 0 Å². The highest BCUT2D eigenvalue weighted by Gasteiger charge is 2.15. The molecule has 0 aliphatic carbocycles. The molecule has 160 valence electrons. The molecule has 0 amide bonds. The number of aromatic amines is 1. The first-order chi connectivity index (χ1) is 15.6. The van der Waals surface area contributed by atoms with Crippen molar-refractivity contribution in [3.63, 3.8) is 0 Å². The fourth-order valence-electron chi connectivity index (χ4n) is 4.38. The Balaban J connectivity index is 1.51. The smallest absolute Gasteiger partial charge is 0.335 e. The van der Waals surface area contributed by atoms with E-state index < -0.39 is 5.97 Å². The number of carboxylic acid groups (broad SMARTS) is 1. The number of H-pyrrole nitrogens is 1. The first-order valence-corrected chi connectivity index (χ1v) is 10.8. The lowest BCUT2D eigenvalue weighted by molar-refractivity contribution is 0.0697. The third-order valence-corrected chi connectivity index (χ3v) is 6.19. The Labute approximate surface area is 185 Å². The third-order valence-electron chi connectivity index (χ3n) is 6.19. The molecule has 5 aromatic rings. The van der Waals surface area contributed by atoms with E-state index in [0.29, 0.717) is 17.9 Å². The minimum absolute atomic E-state index is 0.304. The number of aromatic nitrogens is 4. The van der Waals surface area contributed by atoms with Crippen LogP contribution in [0.1, 0.15) is 46.3 Å². The van der Waals surface area contributed by atoms with Crippen molar-refractivity contribution in [3.8, 4) is 0 Å². The number of carbonyl (C=O) groups is 1. The number of fused-ring (bicyclic) bond motifs is 2. The summed E-state index contributed by atoms with van der Waals surface area (Å²) in [6, 6.07) is 21.9. The number of aryl methyl sites for hydroxylation is 1. The number of nitrogens with one attached hydrogen (secondary N) is 1. The minimum atomic E-state index is -0.911. The minimum Gasteiger partial charge on any atom is -0.478 e. The molecule has 0 spiro atoms. The van der Waals surface area contributed by atoms with Crippen LogP contribution in [0.25, 0.3) is 21.9 Å². The van der Waals surface area contributed by atoms with E-state index in [0.717, 1.165) is 46.0 Å². The summed E-state index contributed by atoms with van der Waals surface area (Å²) in [7, 11) is 0. The molecule has 0 radical (unpaired) electrons. The van der Waals surface area contributed by atoms with Crippen molar-refractivity contribution >= 4 is 27.9 Å². The molecule has 0 fully saturated rings. The average Bonchev–Trinajstić information content (AvgIpc) is 3.43. The van der Waals surface area contributed by atoms with Crippen molar-refractivity contribution in [1.82, 2.24) is 20.0 Å². The number of carboxylic acids is 1. The maximum absolute atomic E-state index is 11.6. The van der Waals surface area contributed by atoms with E-state index in [1.165, 1.54) is 5.56 Å². The summed E-state index contributed by atoms with van der Waals surface area (Å²) in [4.78, 5) is 11.6. The Bertz CT molecular complexity index is 1400. The van der Waals surface area contributed by atoms with Gasteiger partial charge >= 0.3 is 5.97 Å². The van der Waals surface area contributed by atoms with Crippen LogP contribution in [0.5, 0.6) is 0 Å². The van der Waals surface area contributed by atoms with Gasteiger partial charge in [0.25, 0.3) is 0 Å². The Morgan fingerprint density at radius 2 is 1.88 bits per heavy atom. The summed E-state index contributed by atoms with van der Waals surface area (Å²) in [5.74, 6) is -0.505. The lowest BCUT2D eigenvalue weighted by atomic mass is 9.98. The van der Waals surface area contributed by atoms with Gasteiger partial charge in [-0.25, -0.2) is 4.79 Å². The van der Waals surface area contributed by atoms with Crippen LogP contribution in [-0.2, 0) is 13.0 Å². The molecular weight excluding hydrogens is 400 g/mol. The number of nitrogens with zero attached hydrogens (tertiary/aromatic N) is 3. The number of rotatable bonds is 7. The molecule has 5 rings (SSSR count). The zero-order valence-corrected chi connectivity index (χ0v) is 17.8. The molecule has 2 aromatic heterocycles. The fraction of sp³-hybridized carbons (Fsp3) is 0.192. The molecule has 2 N–H and O–H groups in total. The largest absolute Gasteiger partial charge is 0.478 e. The molecule has 1 unspecified atom stereocenters. The summed E-state index contributed by atoms with van der Waals surface area (Å²) in [6.07, 6.45) is 3.82. The number of para-hydroxylation sites is 1. The van der Waals surface area contributed by atoms with Crippen molar-refractivity contribution in [2.24, 2.45) is 0 Å². The molecule has 0 saturated heterocycles. The van der Waals surface area contributed by atoms with Gasteiger partial charge in [-0.1, -0.05) is 55.5 Å². The third kappa shape index (κ3) is 3.75. The number of hydrogen-bond acceptors (Lipinski definition) is 3. The van der Waals surface area contributed by atoms with E-state index in [2.05, 4.69) is 63.4 Å². The zero-order valence-electron chi connectivity index (χ0n) is 17.8. The normalized spacial score (nSPS) is 12.4.